The summed E-state index contributed by atoms with van der Waals surface area (Å²) in [5.41, 5.74) is 4.48. The van der Waals surface area contributed by atoms with E-state index in [-0.39, 0.29) is 6.42 Å². The zero-order valence-corrected chi connectivity index (χ0v) is 11.2. The van der Waals surface area contributed by atoms with Crippen LogP contribution in [0.2, 0.25) is 0 Å². The predicted octanol–water partition coefficient (Wildman–Crippen LogP) is 2.56. The molecule has 0 aliphatic rings. The highest BCUT2D eigenvalue weighted by Crippen LogP contribution is 2.27. The molecule has 0 saturated heterocycles. The summed E-state index contributed by atoms with van der Waals surface area (Å²) in [7, 11) is 0. The number of rotatable bonds is 5. The van der Waals surface area contributed by atoms with Crippen molar-refractivity contribution < 1.29 is 14.6 Å². The van der Waals surface area contributed by atoms with Crippen LogP contribution < -0.4 is 10.5 Å². The molecular weight excluding hydrogens is 254 g/mol. The first-order valence-corrected chi connectivity index (χ1v) is 6.31. The summed E-state index contributed by atoms with van der Waals surface area (Å²) >= 11 is 0. The van der Waals surface area contributed by atoms with Gasteiger partial charge in [-0.15, -0.1) is 0 Å². The lowest BCUT2D eigenvalue weighted by molar-refractivity contribution is -0.122. The van der Waals surface area contributed by atoms with Crippen LogP contribution in [0.5, 0.6) is 11.5 Å². The van der Waals surface area contributed by atoms with Crippen molar-refractivity contribution in [3.8, 4) is 11.5 Å². The third kappa shape index (κ3) is 3.59. The maximum atomic E-state index is 10.9. The first-order valence-electron chi connectivity index (χ1n) is 6.31. The molecule has 0 radical (unpaired) electrons. The molecule has 0 aromatic heterocycles. The highest BCUT2D eigenvalue weighted by Gasteiger charge is 2.25. The van der Waals surface area contributed by atoms with E-state index in [1.165, 1.54) is 0 Å². The SMILES string of the molecule is CC(O)(CC(N)=O)c1ccc(Oc2ccccc2)cc1. The van der Waals surface area contributed by atoms with Crippen LogP contribution in [0.3, 0.4) is 0 Å². The molecule has 0 fully saturated rings. The molecule has 4 heteroatoms. The molecule has 3 N–H and O–H groups in total. The van der Waals surface area contributed by atoms with Crippen molar-refractivity contribution >= 4 is 5.91 Å². The zero-order valence-electron chi connectivity index (χ0n) is 11.2. The predicted molar refractivity (Wildman–Crippen MR) is 76.3 cm³/mol. The molecule has 1 unspecified atom stereocenters. The number of nitrogens with two attached hydrogens (primary N) is 1. The third-order valence-electron chi connectivity index (χ3n) is 2.97. The maximum absolute atomic E-state index is 10.9. The van der Waals surface area contributed by atoms with Gasteiger partial charge in [0.05, 0.1) is 12.0 Å². The Morgan fingerprint density at radius 2 is 1.65 bits per heavy atom. The number of ether oxygens (including phenoxy) is 1. The monoisotopic (exact) mass is 271 g/mol. The number of primary amides is 1. The van der Waals surface area contributed by atoms with Crippen molar-refractivity contribution in [2.75, 3.05) is 0 Å². The quantitative estimate of drug-likeness (QED) is 0.877. The average Bonchev–Trinajstić information content (AvgIpc) is 2.39. The van der Waals surface area contributed by atoms with Crippen LogP contribution in [-0.4, -0.2) is 11.0 Å². The lowest BCUT2D eigenvalue weighted by Crippen LogP contribution is -2.28. The number of carbonyl (C=O) groups excluding carboxylic acids is 1. The molecule has 0 bridgehead atoms. The van der Waals surface area contributed by atoms with Crippen LogP contribution in [0.4, 0.5) is 0 Å². The van der Waals surface area contributed by atoms with Crippen molar-refractivity contribution in [3.63, 3.8) is 0 Å². The maximum Gasteiger partial charge on any atom is 0.220 e. The normalized spacial score (nSPS) is 13.5. The first kappa shape index (κ1) is 14.1. The number of para-hydroxylation sites is 1. The van der Waals surface area contributed by atoms with Gasteiger partial charge in [-0.25, -0.2) is 0 Å². The Bertz CT molecular complexity index is 576. The van der Waals surface area contributed by atoms with Gasteiger partial charge in [0.15, 0.2) is 0 Å². The fraction of sp³-hybridized carbons (Fsp3) is 0.188. The summed E-state index contributed by atoms with van der Waals surface area (Å²) in [5, 5.41) is 10.2. The smallest absolute Gasteiger partial charge is 0.220 e. The molecule has 20 heavy (non-hydrogen) atoms. The Morgan fingerprint density at radius 3 is 2.20 bits per heavy atom. The summed E-state index contributed by atoms with van der Waals surface area (Å²) in [4.78, 5) is 10.9. The minimum Gasteiger partial charge on any atom is -0.457 e. The topological polar surface area (TPSA) is 72.5 Å². The van der Waals surface area contributed by atoms with Crippen LogP contribution in [0, 0.1) is 0 Å². The van der Waals surface area contributed by atoms with E-state index in [1.807, 2.05) is 30.3 Å². The molecule has 2 aromatic rings. The first-order chi connectivity index (χ1) is 9.47. The van der Waals surface area contributed by atoms with E-state index < -0.39 is 11.5 Å². The molecule has 0 spiro atoms. The van der Waals surface area contributed by atoms with Crippen LogP contribution in [0.1, 0.15) is 18.9 Å². The third-order valence-corrected chi connectivity index (χ3v) is 2.97. The van der Waals surface area contributed by atoms with Gasteiger partial charge in [-0.1, -0.05) is 30.3 Å². The van der Waals surface area contributed by atoms with E-state index in [2.05, 4.69) is 0 Å². The van der Waals surface area contributed by atoms with Gasteiger partial charge in [0.1, 0.15) is 11.5 Å². The van der Waals surface area contributed by atoms with Crippen molar-refractivity contribution in [1.29, 1.82) is 0 Å². The molecule has 0 heterocycles. The lowest BCUT2D eigenvalue weighted by Gasteiger charge is -2.22. The molecule has 0 aliphatic heterocycles. The molecule has 4 nitrogen and oxygen atoms in total. The van der Waals surface area contributed by atoms with E-state index in [0.717, 1.165) is 5.75 Å². The standard InChI is InChI=1S/C16H17NO3/c1-16(19,11-15(17)18)12-7-9-14(10-8-12)20-13-5-3-2-4-6-13/h2-10,19H,11H2,1H3,(H2,17,18). The van der Waals surface area contributed by atoms with E-state index in [9.17, 15) is 9.90 Å². The molecule has 2 aromatic carbocycles. The van der Waals surface area contributed by atoms with Crippen LogP contribution in [-0.2, 0) is 10.4 Å². The van der Waals surface area contributed by atoms with E-state index in [0.29, 0.717) is 11.3 Å². The Balaban J connectivity index is 2.12. The summed E-state index contributed by atoms with van der Waals surface area (Å²) in [5.74, 6) is 0.860. The summed E-state index contributed by atoms with van der Waals surface area (Å²) in [6.07, 6.45) is -0.119. The van der Waals surface area contributed by atoms with Gasteiger partial charge in [-0.3, -0.25) is 4.79 Å². The highest BCUT2D eigenvalue weighted by molar-refractivity contribution is 5.75. The zero-order chi connectivity index (χ0) is 14.6. The second-order valence-corrected chi connectivity index (χ2v) is 4.86. The molecule has 1 atom stereocenters. The van der Waals surface area contributed by atoms with Crippen molar-refractivity contribution in [1.82, 2.24) is 0 Å². The van der Waals surface area contributed by atoms with Gasteiger partial charge in [0.2, 0.25) is 5.91 Å². The fourth-order valence-corrected chi connectivity index (χ4v) is 1.95. The largest absolute Gasteiger partial charge is 0.457 e. The molecule has 104 valence electrons. The number of aliphatic hydroxyl groups is 1. The minimum atomic E-state index is -1.27. The number of benzene rings is 2. The van der Waals surface area contributed by atoms with E-state index >= 15 is 0 Å². The Hall–Kier alpha value is -2.33. The van der Waals surface area contributed by atoms with Crippen molar-refractivity contribution in [3.05, 3.63) is 60.2 Å². The Morgan fingerprint density at radius 1 is 1.10 bits per heavy atom. The lowest BCUT2D eigenvalue weighted by atomic mass is 9.92. The molecule has 2 rings (SSSR count). The van der Waals surface area contributed by atoms with Crippen LogP contribution >= 0.6 is 0 Å². The summed E-state index contributed by atoms with van der Waals surface area (Å²) in [6, 6.07) is 16.4. The number of amides is 1. The molecular formula is C16H17NO3. The summed E-state index contributed by atoms with van der Waals surface area (Å²) in [6.45, 7) is 1.56. The Kier molecular flexibility index (Phi) is 4.05. The summed E-state index contributed by atoms with van der Waals surface area (Å²) < 4.78 is 5.65. The second kappa shape index (κ2) is 5.75. The van der Waals surface area contributed by atoms with Crippen LogP contribution in [0.15, 0.2) is 54.6 Å². The van der Waals surface area contributed by atoms with Crippen molar-refractivity contribution in [2.45, 2.75) is 18.9 Å². The minimum absolute atomic E-state index is 0.119. The van der Waals surface area contributed by atoms with E-state index in [1.54, 1.807) is 31.2 Å². The average molecular weight is 271 g/mol. The van der Waals surface area contributed by atoms with Gasteiger partial charge < -0.3 is 15.6 Å². The fourth-order valence-electron chi connectivity index (χ4n) is 1.95. The Labute approximate surface area is 117 Å². The molecule has 0 aliphatic carbocycles. The van der Waals surface area contributed by atoms with Gasteiger partial charge in [-0.05, 0) is 36.8 Å². The van der Waals surface area contributed by atoms with Gasteiger partial charge in [0, 0.05) is 0 Å². The van der Waals surface area contributed by atoms with E-state index in [4.69, 9.17) is 10.5 Å². The number of hydrogen-bond donors (Lipinski definition) is 2. The van der Waals surface area contributed by atoms with Crippen molar-refractivity contribution in [2.24, 2.45) is 5.73 Å². The van der Waals surface area contributed by atoms with Gasteiger partial charge >= 0.3 is 0 Å². The highest BCUT2D eigenvalue weighted by atomic mass is 16.5. The van der Waals surface area contributed by atoms with Crippen LogP contribution in [0.25, 0.3) is 0 Å². The molecule has 1 amide bonds. The van der Waals surface area contributed by atoms with Gasteiger partial charge in [-0.2, -0.15) is 0 Å². The number of carbonyl (C=O) groups is 1. The molecule has 0 saturated carbocycles. The second-order valence-electron chi connectivity index (χ2n) is 4.86. The van der Waals surface area contributed by atoms with Gasteiger partial charge in [0.25, 0.3) is 0 Å². The number of hydrogen-bond acceptors (Lipinski definition) is 3.